The first-order valence-electron chi connectivity index (χ1n) is 5.07. The standard InChI is InChI=1S/C8H6O4.C3H2O2.C2H6O2/c1-3-7(9)11-5-6-12-8(10)4-2;1-2-3(4)5;3-1-2-4/h1-2H,5-6H2;1H,(H,4,5);3-4H,1-2H2. The van der Waals surface area contributed by atoms with Gasteiger partial charge >= 0.3 is 17.9 Å². The normalized spacial score (nSPS) is 7.00. The second-order valence-corrected chi connectivity index (χ2v) is 2.46. The van der Waals surface area contributed by atoms with E-state index < -0.39 is 17.9 Å². The third kappa shape index (κ3) is 31.6. The van der Waals surface area contributed by atoms with Crippen LogP contribution in [0, 0.1) is 37.0 Å². The summed E-state index contributed by atoms with van der Waals surface area (Å²) in [5.74, 6) is 2.08. The topological polar surface area (TPSA) is 130 Å². The molecule has 0 aliphatic carbocycles. The Bertz CT molecular complexity index is 403. The van der Waals surface area contributed by atoms with E-state index in [1.807, 2.05) is 0 Å². The van der Waals surface area contributed by atoms with Gasteiger partial charge in [0.15, 0.2) is 0 Å². The number of aliphatic carboxylic acids is 1. The number of esters is 2. The van der Waals surface area contributed by atoms with Gasteiger partial charge in [0.2, 0.25) is 0 Å². The summed E-state index contributed by atoms with van der Waals surface area (Å²) in [4.78, 5) is 29.7. The molecule has 0 atom stereocenters. The maximum Gasteiger partial charge on any atom is 0.384 e. The number of ether oxygens (including phenoxy) is 2. The van der Waals surface area contributed by atoms with Gasteiger partial charge < -0.3 is 24.8 Å². The van der Waals surface area contributed by atoms with Gasteiger partial charge in [0.1, 0.15) is 13.2 Å². The first-order chi connectivity index (χ1) is 9.89. The zero-order valence-electron chi connectivity index (χ0n) is 10.9. The van der Waals surface area contributed by atoms with Gasteiger partial charge in [0.25, 0.3) is 0 Å². The predicted octanol–water partition coefficient (Wildman–Crippen LogP) is -1.99. The van der Waals surface area contributed by atoms with Gasteiger partial charge in [0.05, 0.1) is 13.2 Å². The second-order valence-electron chi connectivity index (χ2n) is 2.46. The van der Waals surface area contributed by atoms with E-state index in [0.29, 0.717) is 0 Å². The lowest BCUT2D eigenvalue weighted by Gasteiger charge is -1.99. The summed E-state index contributed by atoms with van der Waals surface area (Å²) in [5, 5.41) is 22.7. The van der Waals surface area contributed by atoms with Gasteiger partial charge in [0, 0.05) is 17.8 Å². The fourth-order valence-corrected chi connectivity index (χ4v) is 0.352. The number of carboxylic acid groups (broad SMARTS) is 1. The first-order valence-corrected chi connectivity index (χ1v) is 5.07. The Morgan fingerprint density at radius 1 is 0.810 bits per heavy atom. The van der Waals surface area contributed by atoms with Gasteiger partial charge in [-0.3, -0.25) is 0 Å². The summed E-state index contributed by atoms with van der Waals surface area (Å²) < 4.78 is 8.73. The van der Waals surface area contributed by atoms with Crippen LogP contribution >= 0.6 is 0 Å². The van der Waals surface area contributed by atoms with E-state index >= 15 is 0 Å². The molecule has 0 radical (unpaired) electrons. The van der Waals surface area contributed by atoms with Crippen LogP contribution in [-0.4, -0.2) is 59.7 Å². The van der Waals surface area contributed by atoms with E-state index in [1.165, 1.54) is 5.92 Å². The minimum atomic E-state index is -1.22. The fourth-order valence-electron chi connectivity index (χ4n) is 0.352. The van der Waals surface area contributed by atoms with Crippen LogP contribution < -0.4 is 0 Å². The van der Waals surface area contributed by atoms with E-state index in [4.69, 9.17) is 20.1 Å². The average molecular weight is 298 g/mol. The average Bonchev–Trinajstić information content (AvgIpc) is 2.51. The van der Waals surface area contributed by atoms with Crippen molar-refractivity contribution >= 4 is 17.9 Å². The first kappa shape index (κ1) is 23.1. The molecule has 114 valence electrons. The minimum Gasteiger partial charge on any atom is -0.472 e. The van der Waals surface area contributed by atoms with Crippen LogP contribution in [0.2, 0.25) is 0 Å². The summed E-state index contributed by atoms with van der Waals surface area (Å²) >= 11 is 0. The molecule has 0 spiro atoms. The predicted molar refractivity (Wildman–Crippen MR) is 70.2 cm³/mol. The van der Waals surface area contributed by atoms with Crippen molar-refractivity contribution in [3.05, 3.63) is 0 Å². The number of aliphatic hydroxyl groups is 2. The molecule has 0 aromatic carbocycles. The monoisotopic (exact) mass is 298 g/mol. The lowest BCUT2D eigenvalue weighted by atomic mass is 10.6. The Morgan fingerprint density at radius 3 is 1.24 bits per heavy atom. The number of carbonyl (C=O) groups is 3. The maximum atomic E-state index is 10.3. The molecule has 0 amide bonds. The summed E-state index contributed by atoms with van der Waals surface area (Å²) in [6.07, 6.45) is 13.7. The van der Waals surface area contributed by atoms with Crippen molar-refractivity contribution in [2.45, 2.75) is 0 Å². The molecule has 0 aliphatic rings. The highest BCUT2D eigenvalue weighted by Crippen LogP contribution is 1.79. The highest BCUT2D eigenvalue weighted by atomic mass is 16.6. The van der Waals surface area contributed by atoms with Crippen molar-refractivity contribution in [3.63, 3.8) is 0 Å². The Balaban J connectivity index is -0.000000297. The van der Waals surface area contributed by atoms with E-state index in [2.05, 4.69) is 28.7 Å². The minimum absolute atomic E-state index is 0.0869. The van der Waals surface area contributed by atoms with E-state index in [1.54, 1.807) is 11.8 Å². The summed E-state index contributed by atoms with van der Waals surface area (Å²) in [6.45, 7) is -0.424. The van der Waals surface area contributed by atoms with Crippen LogP contribution in [0.15, 0.2) is 0 Å². The maximum absolute atomic E-state index is 10.3. The summed E-state index contributed by atoms with van der Waals surface area (Å²) in [5.41, 5.74) is 0. The molecule has 0 rings (SSSR count). The number of carbonyl (C=O) groups excluding carboxylic acids is 2. The van der Waals surface area contributed by atoms with Crippen LogP contribution in [0.4, 0.5) is 0 Å². The van der Waals surface area contributed by atoms with Crippen LogP contribution in [0.25, 0.3) is 0 Å². The van der Waals surface area contributed by atoms with Gasteiger partial charge in [-0.1, -0.05) is 0 Å². The Kier molecular flexibility index (Phi) is 21.3. The molecule has 0 heterocycles. The number of rotatable bonds is 4. The Hall–Kier alpha value is -2.99. The van der Waals surface area contributed by atoms with E-state index in [0.717, 1.165) is 0 Å². The highest BCUT2D eigenvalue weighted by Gasteiger charge is 1.98. The molecular weight excluding hydrogens is 284 g/mol. The number of terminal acetylenes is 3. The van der Waals surface area contributed by atoms with Crippen LogP contribution in [0.1, 0.15) is 0 Å². The second kappa shape index (κ2) is 19.4. The van der Waals surface area contributed by atoms with Crippen molar-refractivity contribution in [3.8, 4) is 37.0 Å². The number of aliphatic hydroxyl groups excluding tert-OH is 2. The van der Waals surface area contributed by atoms with Gasteiger partial charge in [-0.05, 0) is 0 Å². The number of hydrogen-bond donors (Lipinski definition) is 3. The summed E-state index contributed by atoms with van der Waals surface area (Å²) in [6, 6.07) is 0. The highest BCUT2D eigenvalue weighted by molar-refractivity contribution is 5.88. The molecule has 0 saturated carbocycles. The van der Waals surface area contributed by atoms with E-state index in [9.17, 15) is 9.59 Å². The lowest BCUT2D eigenvalue weighted by Crippen LogP contribution is -2.11. The molecule has 0 fully saturated rings. The molecule has 0 aromatic rings. The largest absolute Gasteiger partial charge is 0.472 e. The summed E-state index contributed by atoms with van der Waals surface area (Å²) in [7, 11) is 0. The smallest absolute Gasteiger partial charge is 0.384 e. The molecule has 0 aliphatic heterocycles. The van der Waals surface area contributed by atoms with Crippen LogP contribution in [0.5, 0.6) is 0 Å². The van der Waals surface area contributed by atoms with Gasteiger partial charge in [-0.2, -0.15) is 0 Å². The van der Waals surface area contributed by atoms with Crippen molar-refractivity contribution < 1.29 is 39.2 Å². The molecule has 0 unspecified atom stereocenters. The fraction of sp³-hybridized carbons (Fsp3) is 0.308. The SMILES string of the molecule is C#CC(=O)O.C#CC(=O)OCCOC(=O)C#C.OCCO. The number of hydrogen-bond acceptors (Lipinski definition) is 7. The van der Waals surface area contributed by atoms with Crippen LogP contribution in [0.3, 0.4) is 0 Å². The zero-order chi connectivity index (χ0) is 17.1. The Labute approximate surface area is 121 Å². The molecule has 0 aromatic heterocycles. The molecule has 0 saturated heterocycles. The van der Waals surface area contributed by atoms with E-state index in [-0.39, 0.29) is 26.4 Å². The third-order valence-electron chi connectivity index (χ3n) is 1.01. The molecule has 8 nitrogen and oxygen atoms in total. The quantitative estimate of drug-likeness (QED) is 0.235. The molecule has 0 bridgehead atoms. The van der Waals surface area contributed by atoms with Crippen molar-refractivity contribution in [1.29, 1.82) is 0 Å². The Morgan fingerprint density at radius 2 is 1.10 bits per heavy atom. The van der Waals surface area contributed by atoms with Crippen molar-refractivity contribution in [2.75, 3.05) is 26.4 Å². The lowest BCUT2D eigenvalue weighted by molar-refractivity contribution is -0.144. The van der Waals surface area contributed by atoms with Gasteiger partial charge in [-0.15, -0.1) is 19.3 Å². The van der Waals surface area contributed by atoms with Crippen molar-refractivity contribution in [1.82, 2.24) is 0 Å². The zero-order valence-corrected chi connectivity index (χ0v) is 10.9. The number of carboxylic acids is 1. The molecule has 8 heteroatoms. The van der Waals surface area contributed by atoms with Crippen LogP contribution in [-0.2, 0) is 23.9 Å². The third-order valence-corrected chi connectivity index (χ3v) is 1.01. The van der Waals surface area contributed by atoms with Gasteiger partial charge in [-0.25, -0.2) is 14.4 Å². The van der Waals surface area contributed by atoms with Crippen molar-refractivity contribution in [2.24, 2.45) is 0 Å². The molecular formula is C13H14O8. The molecule has 3 N–H and O–H groups in total. The molecule has 21 heavy (non-hydrogen) atoms.